The van der Waals surface area contributed by atoms with Gasteiger partial charge in [-0.25, -0.2) is 9.69 Å². The molecule has 1 aliphatic heterocycles. The molecule has 3 rings (SSSR count). The summed E-state index contributed by atoms with van der Waals surface area (Å²) in [7, 11) is 1.49. The zero-order valence-corrected chi connectivity index (χ0v) is 16.0. The van der Waals surface area contributed by atoms with Crippen molar-refractivity contribution in [2.24, 2.45) is 0 Å². The number of imide groups is 2. The second kappa shape index (κ2) is 7.60. The van der Waals surface area contributed by atoms with Gasteiger partial charge in [-0.3, -0.25) is 14.9 Å². The number of ether oxygens (including phenoxy) is 1. The second-order valence-corrected chi connectivity index (χ2v) is 6.67. The molecular weight excluding hydrogens is 415 g/mol. The van der Waals surface area contributed by atoms with E-state index in [1.807, 2.05) is 0 Å². The highest BCUT2D eigenvalue weighted by Crippen LogP contribution is 2.32. The normalized spacial score (nSPS) is 15.9. The Morgan fingerprint density at radius 3 is 2.33 bits per heavy atom. The number of urea groups is 1. The number of barbiturate groups is 1. The van der Waals surface area contributed by atoms with E-state index in [4.69, 9.17) is 39.5 Å². The Kier molecular flexibility index (Phi) is 5.41. The largest absolute Gasteiger partial charge is 0.497 e. The van der Waals surface area contributed by atoms with Crippen molar-refractivity contribution in [2.45, 2.75) is 0 Å². The van der Waals surface area contributed by atoms with Crippen LogP contribution in [0.5, 0.6) is 5.75 Å². The topological polar surface area (TPSA) is 75.7 Å². The van der Waals surface area contributed by atoms with Crippen LogP contribution in [-0.4, -0.2) is 25.0 Å². The summed E-state index contributed by atoms with van der Waals surface area (Å²) >= 11 is 18.1. The van der Waals surface area contributed by atoms with Gasteiger partial charge >= 0.3 is 6.03 Å². The number of carbonyl (C=O) groups excluding carboxylic acids is 3. The van der Waals surface area contributed by atoms with Crippen LogP contribution >= 0.6 is 34.8 Å². The minimum atomic E-state index is -0.859. The second-order valence-electron chi connectivity index (χ2n) is 5.45. The van der Waals surface area contributed by atoms with Gasteiger partial charge in [0.15, 0.2) is 0 Å². The minimum absolute atomic E-state index is 0.127. The van der Waals surface area contributed by atoms with Crippen molar-refractivity contribution in [3.05, 3.63) is 62.6 Å². The van der Waals surface area contributed by atoms with Gasteiger partial charge in [0.1, 0.15) is 11.3 Å². The third-order valence-electron chi connectivity index (χ3n) is 3.75. The number of amides is 4. The van der Waals surface area contributed by atoms with Crippen molar-refractivity contribution in [3.8, 4) is 5.75 Å². The third kappa shape index (κ3) is 3.78. The fourth-order valence-electron chi connectivity index (χ4n) is 2.46. The number of nitrogens with one attached hydrogen (secondary N) is 1. The molecule has 0 spiro atoms. The molecule has 0 aromatic heterocycles. The van der Waals surface area contributed by atoms with Crippen molar-refractivity contribution in [3.63, 3.8) is 0 Å². The lowest BCUT2D eigenvalue weighted by Gasteiger charge is -2.26. The van der Waals surface area contributed by atoms with Crippen LogP contribution in [0.4, 0.5) is 10.5 Å². The molecule has 0 aliphatic carbocycles. The van der Waals surface area contributed by atoms with E-state index < -0.39 is 17.8 Å². The number of hydrogen-bond acceptors (Lipinski definition) is 4. The molecule has 0 unspecified atom stereocenters. The molecule has 1 saturated heterocycles. The lowest BCUT2D eigenvalue weighted by Crippen LogP contribution is -2.54. The summed E-state index contributed by atoms with van der Waals surface area (Å²) in [4.78, 5) is 38.1. The first-order valence-electron chi connectivity index (χ1n) is 7.52. The smallest absolute Gasteiger partial charge is 0.335 e. The summed E-state index contributed by atoms with van der Waals surface area (Å²) in [5.74, 6) is -1.10. The molecule has 0 saturated carbocycles. The predicted octanol–water partition coefficient (Wildman–Crippen LogP) is 4.32. The number of benzene rings is 2. The highest BCUT2D eigenvalue weighted by Gasteiger charge is 2.37. The van der Waals surface area contributed by atoms with E-state index in [0.717, 1.165) is 4.90 Å². The van der Waals surface area contributed by atoms with Gasteiger partial charge in [0.2, 0.25) is 0 Å². The van der Waals surface area contributed by atoms with Crippen molar-refractivity contribution in [1.82, 2.24) is 5.32 Å². The molecule has 1 N–H and O–H groups in total. The molecule has 9 heteroatoms. The zero-order chi connectivity index (χ0) is 19.7. The molecular formula is C18H11Cl3N2O4. The van der Waals surface area contributed by atoms with Gasteiger partial charge in [-0.15, -0.1) is 0 Å². The maximum atomic E-state index is 12.8. The first kappa shape index (κ1) is 19.2. The number of hydrogen-bond donors (Lipinski definition) is 1. The molecule has 2 aromatic carbocycles. The molecule has 0 bridgehead atoms. The Morgan fingerprint density at radius 1 is 1.04 bits per heavy atom. The molecule has 1 aliphatic rings. The lowest BCUT2D eigenvalue weighted by atomic mass is 10.1. The van der Waals surface area contributed by atoms with E-state index in [9.17, 15) is 14.4 Å². The molecule has 0 radical (unpaired) electrons. The van der Waals surface area contributed by atoms with Crippen LogP contribution in [0.1, 0.15) is 5.56 Å². The lowest BCUT2D eigenvalue weighted by molar-refractivity contribution is -0.122. The number of nitrogens with zero attached hydrogens (tertiary/aromatic N) is 1. The predicted molar refractivity (Wildman–Crippen MR) is 103 cm³/mol. The maximum Gasteiger partial charge on any atom is 0.335 e. The quantitative estimate of drug-likeness (QED) is 0.451. The average molecular weight is 426 g/mol. The molecule has 27 heavy (non-hydrogen) atoms. The van der Waals surface area contributed by atoms with Gasteiger partial charge in [0.25, 0.3) is 11.8 Å². The molecule has 138 valence electrons. The summed E-state index contributed by atoms with van der Waals surface area (Å²) in [6.45, 7) is 0. The van der Waals surface area contributed by atoms with Gasteiger partial charge in [-0.1, -0.05) is 34.8 Å². The Labute approximate surface area is 169 Å². The van der Waals surface area contributed by atoms with Crippen LogP contribution < -0.4 is 15.0 Å². The first-order chi connectivity index (χ1) is 12.8. The van der Waals surface area contributed by atoms with Gasteiger partial charge in [0, 0.05) is 5.02 Å². The summed E-state index contributed by atoms with van der Waals surface area (Å²) in [5, 5.41) is 2.70. The number of anilines is 1. The van der Waals surface area contributed by atoms with Crippen molar-refractivity contribution < 1.29 is 19.1 Å². The minimum Gasteiger partial charge on any atom is -0.497 e. The Morgan fingerprint density at radius 2 is 1.70 bits per heavy atom. The highest BCUT2D eigenvalue weighted by molar-refractivity contribution is 6.45. The van der Waals surface area contributed by atoms with E-state index in [-0.39, 0.29) is 31.9 Å². The van der Waals surface area contributed by atoms with Gasteiger partial charge in [-0.2, -0.15) is 0 Å². The first-order valence-corrected chi connectivity index (χ1v) is 8.65. The van der Waals surface area contributed by atoms with Crippen molar-refractivity contribution in [2.75, 3.05) is 12.0 Å². The van der Waals surface area contributed by atoms with Gasteiger partial charge < -0.3 is 4.74 Å². The molecule has 1 heterocycles. The number of methoxy groups -OCH3 is 1. The van der Waals surface area contributed by atoms with E-state index in [1.165, 1.54) is 37.5 Å². The van der Waals surface area contributed by atoms with E-state index >= 15 is 0 Å². The summed E-state index contributed by atoms with van der Waals surface area (Å²) in [6, 6.07) is 8.25. The molecule has 1 fully saturated rings. The average Bonchev–Trinajstić information content (AvgIpc) is 2.62. The SMILES string of the molecule is COc1ccc(N2C(=O)NC(=O)/C(=C/c3cc(Cl)cc(Cl)c3Cl)C2=O)cc1. The van der Waals surface area contributed by atoms with Crippen LogP contribution in [0.25, 0.3) is 6.08 Å². The third-order valence-corrected chi connectivity index (χ3v) is 4.79. The summed E-state index contributed by atoms with van der Waals surface area (Å²) in [6.07, 6.45) is 1.24. The summed E-state index contributed by atoms with van der Waals surface area (Å²) in [5.41, 5.74) is 0.259. The Hall–Kier alpha value is -2.54. The number of halogens is 3. The van der Waals surface area contributed by atoms with E-state index in [1.54, 1.807) is 12.1 Å². The fourth-order valence-corrected chi connectivity index (χ4v) is 3.13. The van der Waals surface area contributed by atoms with Gasteiger partial charge in [-0.05, 0) is 48.0 Å². The van der Waals surface area contributed by atoms with Crippen LogP contribution in [-0.2, 0) is 9.59 Å². The summed E-state index contributed by atoms with van der Waals surface area (Å²) < 4.78 is 5.05. The monoisotopic (exact) mass is 424 g/mol. The maximum absolute atomic E-state index is 12.8. The molecule has 2 aromatic rings. The molecule has 0 atom stereocenters. The molecule has 6 nitrogen and oxygen atoms in total. The standard InChI is InChI=1S/C18H11Cl3N2O4/c1-27-12-4-2-11(3-5-12)23-17(25)13(16(24)22-18(23)26)7-9-6-10(19)8-14(20)15(9)21/h2-8H,1H3,(H,22,24,26)/b13-7-. The fraction of sp³-hybridized carbons (Fsp3) is 0.0556. The Bertz CT molecular complexity index is 987. The van der Waals surface area contributed by atoms with Crippen LogP contribution in [0.15, 0.2) is 42.0 Å². The van der Waals surface area contributed by atoms with E-state index in [0.29, 0.717) is 5.75 Å². The van der Waals surface area contributed by atoms with Crippen LogP contribution in [0.3, 0.4) is 0 Å². The number of carbonyl (C=O) groups is 3. The Balaban J connectivity index is 2.04. The van der Waals surface area contributed by atoms with Gasteiger partial charge in [0.05, 0.1) is 22.8 Å². The zero-order valence-electron chi connectivity index (χ0n) is 13.8. The number of rotatable bonds is 3. The van der Waals surface area contributed by atoms with E-state index in [2.05, 4.69) is 5.32 Å². The van der Waals surface area contributed by atoms with Crippen LogP contribution in [0.2, 0.25) is 15.1 Å². The van der Waals surface area contributed by atoms with Crippen LogP contribution in [0, 0.1) is 0 Å². The van der Waals surface area contributed by atoms with Crippen molar-refractivity contribution in [1.29, 1.82) is 0 Å². The molecule has 4 amide bonds. The van der Waals surface area contributed by atoms with Crippen molar-refractivity contribution >= 4 is 64.4 Å². The highest BCUT2D eigenvalue weighted by atomic mass is 35.5.